The van der Waals surface area contributed by atoms with Crippen LogP contribution >= 0.6 is 0 Å². The Bertz CT molecular complexity index is 618. The van der Waals surface area contributed by atoms with Gasteiger partial charge in [-0.1, -0.05) is 6.07 Å². The van der Waals surface area contributed by atoms with Crippen LogP contribution in [0.4, 0.5) is 8.78 Å². The van der Waals surface area contributed by atoms with Gasteiger partial charge >= 0.3 is 5.97 Å². The van der Waals surface area contributed by atoms with Gasteiger partial charge in [0.15, 0.2) is 11.6 Å². The summed E-state index contributed by atoms with van der Waals surface area (Å²) in [5, 5.41) is 11.4. The zero-order chi connectivity index (χ0) is 16.3. The third kappa shape index (κ3) is 3.47. The highest BCUT2D eigenvalue weighted by molar-refractivity contribution is 5.97. The standard InChI is InChI=1S/C15H15F2NO4/c16-11-6-2-5-10(12(11)17)14(20)18-13(15(21)22)8-3-1-4-9(19)7-8/h2,5-6,8,13H,1,3-4,7H2,(H,18,20)(H,21,22)/t8-,13+/m1/s1. The van der Waals surface area contributed by atoms with Crippen LogP contribution in [0, 0.1) is 17.6 Å². The lowest BCUT2D eigenvalue weighted by atomic mass is 9.83. The number of ketones is 1. The number of benzene rings is 1. The van der Waals surface area contributed by atoms with E-state index >= 15 is 0 Å². The zero-order valence-electron chi connectivity index (χ0n) is 11.6. The van der Waals surface area contributed by atoms with Gasteiger partial charge in [-0.15, -0.1) is 0 Å². The first kappa shape index (κ1) is 16.1. The quantitative estimate of drug-likeness (QED) is 0.889. The zero-order valence-corrected chi connectivity index (χ0v) is 11.6. The number of halogens is 2. The Labute approximate surface area is 125 Å². The van der Waals surface area contributed by atoms with Gasteiger partial charge in [0, 0.05) is 12.8 Å². The second kappa shape index (κ2) is 6.64. The average molecular weight is 311 g/mol. The number of Topliss-reactive ketones (excluding diaryl/α,β-unsaturated/α-hetero) is 1. The van der Waals surface area contributed by atoms with Crippen LogP contribution in [0.1, 0.15) is 36.0 Å². The summed E-state index contributed by atoms with van der Waals surface area (Å²) in [5.41, 5.74) is -0.562. The number of carbonyl (C=O) groups excluding carboxylic acids is 2. The van der Waals surface area contributed by atoms with Crippen LogP contribution in [0.15, 0.2) is 18.2 Å². The van der Waals surface area contributed by atoms with Crippen molar-refractivity contribution in [2.75, 3.05) is 0 Å². The molecule has 2 rings (SSSR count). The lowest BCUT2D eigenvalue weighted by Crippen LogP contribution is -2.47. The molecule has 22 heavy (non-hydrogen) atoms. The lowest BCUT2D eigenvalue weighted by Gasteiger charge is -2.27. The van der Waals surface area contributed by atoms with Crippen molar-refractivity contribution in [3.63, 3.8) is 0 Å². The Morgan fingerprint density at radius 1 is 1.32 bits per heavy atom. The molecule has 1 fully saturated rings. The van der Waals surface area contributed by atoms with Crippen molar-refractivity contribution < 1.29 is 28.3 Å². The summed E-state index contributed by atoms with van der Waals surface area (Å²) in [6.07, 6.45) is 1.49. The van der Waals surface area contributed by atoms with Gasteiger partial charge < -0.3 is 10.4 Å². The number of aliphatic carboxylic acids is 1. The van der Waals surface area contributed by atoms with Crippen LogP contribution < -0.4 is 5.32 Å². The van der Waals surface area contributed by atoms with Gasteiger partial charge in [-0.25, -0.2) is 13.6 Å². The van der Waals surface area contributed by atoms with E-state index in [1.165, 1.54) is 0 Å². The molecule has 0 unspecified atom stereocenters. The summed E-state index contributed by atoms with van der Waals surface area (Å²) in [6, 6.07) is 1.78. The van der Waals surface area contributed by atoms with Crippen molar-refractivity contribution in [3.05, 3.63) is 35.4 Å². The number of hydrogen-bond donors (Lipinski definition) is 2. The fourth-order valence-electron chi connectivity index (χ4n) is 2.62. The fraction of sp³-hybridized carbons (Fsp3) is 0.400. The lowest BCUT2D eigenvalue weighted by molar-refractivity contribution is -0.141. The van der Waals surface area contributed by atoms with E-state index in [0.717, 1.165) is 18.2 Å². The highest BCUT2D eigenvalue weighted by Gasteiger charge is 2.34. The van der Waals surface area contributed by atoms with Gasteiger partial charge in [-0.2, -0.15) is 0 Å². The van der Waals surface area contributed by atoms with Gasteiger partial charge in [0.25, 0.3) is 5.91 Å². The third-order valence-corrected chi connectivity index (χ3v) is 3.74. The predicted octanol–water partition coefficient (Wildman–Crippen LogP) is 1.91. The number of rotatable bonds is 4. The Kier molecular flexibility index (Phi) is 4.85. The van der Waals surface area contributed by atoms with Crippen molar-refractivity contribution >= 4 is 17.7 Å². The molecule has 2 N–H and O–H groups in total. The molecule has 1 aliphatic rings. The predicted molar refractivity (Wildman–Crippen MR) is 72.2 cm³/mol. The van der Waals surface area contributed by atoms with Crippen LogP contribution in [0.2, 0.25) is 0 Å². The van der Waals surface area contributed by atoms with E-state index < -0.39 is 41.0 Å². The summed E-state index contributed by atoms with van der Waals surface area (Å²) in [7, 11) is 0. The van der Waals surface area contributed by atoms with E-state index in [2.05, 4.69) is 5.32 Å². The molecular formula is C15H15F2NO4. The van der Waals surface area contributed by atoms with Gasteiger partial charge in [-0.05, 0) is 30.9 Å². The average Bonchev–Trinajstić information content (AvgIpc) is 2.47. The van der Waals surface area contributed by atoms with Crippen molar-refractivity contribution in [1.82, 2.24) is 5.32 Å². The smallest absolute Gasteiger partial charge is 0.326 e. The SMILES string of the molecule is O=C1CCC[C@@H]([C@H](NC(=O)c2cccc(F)c2F)C(=O)O)C1. The third-order valence-electron chi connectivity index (χ3n) is 3.74. The minimum absolute atomic E-state index is 0.0584. The molecule has 1 aromatic rings. The maximum atomic E-state index is 13.6. The van der Waals surface area contributed by atoms with Crippen molar-refractivity contribution in [2.45, 2.75) is 31.7 Å². The second-order valence-electron chi connectivity index (χ2n) is 5.29. The normalized spacial score (nSPS) is 19.5. The van der Waals surface area contributed by atoms with E-state index in [-0.39, 0.29) is 12.2 Å². The number of hydrogen-bond acceptors (Lipinski definition) is 3. The molecule has 1 aromatic carbocycles. The molecule has 0 spiro atoms. The van der Waals surface area contributed by atoms with Gasteiger partial charge in [0.05, 0.1) is 5.56 Å². The van der Waals surface area contributed by atoms with Crippen LogP contribution in [-0.4, -0.2) is 28.8 Å². The Morgan fingerprint density at radius 2 is 2.05 bits per heavy atom. The first-order chi connectivity index (χ1) is 10.4. The maximum Gasteiger partial charge on any atom is 0.326 e. The minimum atomic E-state index is -1.33. The summed E-state index contributed by atoms with van der Waals surface area (Å²) < 4.78 is 26.7. The molecule has 0 aliphatic heterocycles. The van der Waals surface area contributed by atoms with Crippen molar-refractivity contribution in [1.29, 1.82) is 0 Å². The van der Waals surface area contributed by atoms with Crippen LogP contribution in [-0.2, 0) is 9.59 Å². The maximum absolute atomic E-state index is 13.6. The largest absolute Gasteiger partial charge is 0.480 e. The highest BCUT2D eigenvalue weighted by atomic mass is 19.2. The molecule has 0 heterocycles. The van der Waals surface area contributed by atoms with Gasteiger partial charge in [0.1, 0.15) is 11.8 Å². The molecule has 0 radical (unpaired) electrons. The second-order valence-corrected chi connectivity index (χ2v) is 5.29. The van der Waals surface area contributed by atoms with Gasteiger partial charge in [-0.3, -0.25) is 9.59 Å². The van der Waals surface area contributed by atoms with Crippen LogP contribution in [0.5, 0.6) is 0 Å². The van der Waals surface area contributed by atoms with E-state index in [1.807, 2.05) is 0 Å². The summed E-state index contributed by atoms with van der Waals surface area (Å²) in [5.74, 6) is -5.43. The van der Waals surface area contributed by atoms with Crippen molar-refractivity contribution in [3.8, 4) is 0 Å². The van der Waals surface area contributed by atoms with Crippen LogP contribution in [0.25, 0.3) is 0 Å². The van der Waals surface area contributed by atoms with E-state index in [9.17, 15) is 28.3 Å². The molecule has 118 valence electrons. The monoisotopic (exact) mass is 311 g/mol. The Hall–Kier alpha value is -2.31. The number of carboxylic acid groups (broad SMARTS) is 1. The molecule has 1 amide bonds. The van der Waals surface area contributed by atoms with E-state index in [4.69, 9.17) is 0 Å². The number of carboxylic acids is 1. The first-order valence-electron chi connectivity index (χ1n) is 6.89. The Morgan fingerprint density at radius 3 is 2.68 bits per heavy atom. The first-order valence-corrected chi connectivity index (χ1v) is 6.89. The Balaban J connectivity index is 2.17. The molecule has 1 aliphatic carbocycles. The van der Waals surface area contributed by atoms with E-state index in [1.54, 1.807) is 0 Å². The molecule has 7 heteroatoms. The van der Waals surface area contributed by atoms with Crippen molar-refractivity contribution in [2.24, 2.45) is 5.92 Å². The molecule has 2 atom stereocenters. The summed E-state index contributed by atoms with van der Waals surface area (Å²) in [6.45, 7) is 0. The fourth-order valence-corrected chi connectivity index (χ4v) is 2.62. The number of carbonyl (C=O) groups is 3. The molecule has 0 saturated heterocycles. The summed E-state index contributed by atoms with van der Waals surface area (Å²) >= 11 is 0. The molecule has 0 aromatic heterocycles. The molecule has 5 nitrogen and oxygen atoms in total. The summed E-state index contributed by atoms with van der Waals surface area (Å²) in [4.78, 5) is 34.8. The number of nitrogens with one attached hydrogen (secondary N) is 1. The molecular weight excluding hydrogens is 296 g/mol. The molecule has 0 bridgehead atoms. The van der Waals surface area contributed by atoms with E-state index in [0.29, 0.717) is 19.3 Å². The molecule has 1 saturated carbocycles. The minimum Gasteiger partial charge on any atom is -0.480 e. The highest BCUT2D eigenvalue weighted by Crippen LogP contribution is 2.25. The number of amides is 1. The van der Waals surface area contributed by atoms with Gasteiger partial charge in [0.2, 0.25) is 0 Å². The van der Waals surface area contributed by atoms with Crippen LogP contribution in [0.3, 0.4) is 0 Å². The topological polar surface area (TPSA) is 83.5 Å².